The van der Waals surface area contributed by atoms with E-state index in [0.29, 0.717) is 5.88 Å². The minimum atomic E-state index is 0.257. The molecule has 19 heavy (non-hydrogen) atoms. The standard InChI is InChI=1S/C15H19N3O/c1-4-16-11(2)12-7-5-6-8-13(12)14-15(19-3)18-10-9-17-14/h5-11,16H,4H2,1-3H3. The van der Waals surface area contributed by atoms with E-state index in [1.807, 2.05) is 12.1 Å². The first kappa shape index (κ1) is 13.5. The van der Waals surface area contributed by atoms with E-state index < -0.39 is 0 Å². The second-order valence-corrected chi connectivity index (χ2v) is 4.28. The van der Waals surface area contributed by atoms with Crippen LogP contribution in [0.5, 0.6) is 5.88 Å². The van der Waals surface area contributed by atoms with Gasteiger partial charge in [0.05, 0.1) is 7.11 Å². The highest BCUT2D eigenvalue weighted by atomic mass is 16.5. The molecule has 0 spiro atoms. The fourth-order valence-corrected chi connectivity index (χ4v) is 2.17. The first-order valence-electron chi connectivity index (χ1n) is 6.45. The van der Waals surface area contributed by atoms with Gasteiger partial charge >= 0.3 is 0 Å². The van der Waals surface area contributed by atoms with Crippen molar-refractivity contribution < 1.29 is 4.74 Å². The Hall–Kier alpha value is -1.94. The summed E-state index contributed by atoms with van der Waals surface area (Å²) in [6.07, 6.45) is 3.32. The summed E-state index contributed by atoms with van der Waals surface area (Å²) in [4.78, 5) is 8.62. The molecule has 0 saturated carbocycles. The van der Waals surface area contributed by atoms with Crippen LogP contribution in [0.3, 0.4) is 0 Å². The molecule has 4 heteroatoms. The Morgan fingerprint density at radius 3 is 2.68 bits per heavy atom. The zero-order chi connectivity index (χ0) is 13.7. The lowest BCUT2D eigenvalue weighted by Crippen LogP contribution is -2.18. The molecule has 1 N–H and O–H groups in total. The number of hydrogen-bond donors (Lipinski definition) is 1. The lowest BCUT2D eigenvalue weighted by Gasteiger charge is -2.17. The molecule has 1 heterocycles. The van der Waals surface area contributed by atoms with Crippen LogP contribution in [-0.2, 0) is 0 Å². The highest BCUT2D eigenvalue weighted by molar-refractivity contribution is 5.68. The molecule has 0 amide bonds. The molecule has 100 valence electrons. The molecular formula is C15H19N3O. The van der Waals surface area contributed by atoms with Gasteiger partial charge < -0.3 is 10.1 Å². The van der Waals surface area contributed by atoms with Crippen LogP contribution in [0.25, 0.3) is 11.3 Å². The summed E-state index contributed by atoms with van der Waals surface area (Å²) < 4.78 is 5.30. The topological polar surface area (TPSA) is 47.0 Å². The molecule has 0 radical (unpaired) electrons. The minimum Gasteiger partial charge on any atom is -0.479 e. The minimum absolute atomic E-state index is 0.257. The van der Waals surface area contributed by atoms with Crippen molar-refractivity contribution in [2.24, 2.45) is 0 Å². The Morgan fingerprint density at radius 2 is 1.95 bits per heavy atom. The van der Waals surface area contributed by atoms with Crippen molar-refractivity contribution in [1.29, 1.82) is 0 Å². The maximum atomic E-state index is 5.30. The van der Waals surface area contributed by atoms with E-state index in [2.05, 4.69) is 41.3 Å². The van der Waals surface area contributed by atoms with Gasteiger partial charge in [0.25, 0.3) is 0 Å². The van der Waals surface area contributed by atoms with Crippen molar-refractivity contribution >= 4 is 0 Å². The number of aromatic nitrogens is 2. The third-order valence-electron chi connectivity index (χ3n) is 3.05. The summed E-state index contributed by atoms with van der Waals surface area (Å²) in [6, 6.07) is 8.46. The van der Waals surface area contributed by atoms with Crippen LogP contribution >= 0.6 is 0 Å². The van der Waals surface area contributed by atoms with Gasteiger partial charge in [-0.1, -0.05) is 31.2 Å². The molecule has 1 aromatic carbocycles. The molecule has 0 fully saturated rings. The molecule has 2 rings (SSSR count). The van der Waals surface area contributed by atoms with Crippen molar-refractivity contribution in [3.63, 3.8) is 0 Å². The molecule has 0 aliphatic rings. The maximum absolute atomic E-state index is 5.30. The van der Waals surface area contributed by atoms with Crippen molar-refractivity contribution in [2.75, 3.05) is 13.7 Å². The molecule has 1 unspecified atom stereocenters. The second kappa shape index (κ2) is 6.29. The molecule has 4 nitrogen and oxygen atoms in total. The first-order chi connectivity index (χ1) is 9.27. The van der Waals surface area contributed by atoms with Crippen LogP contribution < -0.4 is 10.1 Å². The zero-order valence-electron chi connectivity index (χ0n) is 11.6. The average Bonchev–Trinajstić information content (AvgIpc) is 2.47. The summed E-state index contributed by atoms with van der Waals surface area (Å²) in [5.41, 5.74) is 3.04. The Labute approximate surface area is 113 Å². The number of benzene rings is 1. The normalized spacial score (nSPS) is 12.2. The van der Waals surface area contributed by atoms with E-state index in [-0.39, 0.29) is 6.04 Å². The van der Waals surface area contributed by atoms with Gasteiger partial charge in [-0.15, -0.1) is 0 Å². The zero-order valence-corrected chi connectivity index (χ0v) is 11.6. The monoisotopic (exact) mass is 257 g/mol. The SMILES string of the molecule is CCNC(C)c1ccccc1-c1nccnc1OC. The fourth-order valence-electron chi connectivity index (χ4n) is 2.17. The summed E-state index contributed by atoms with van der Waals surface area (Å²) in [5.74, 6) is 0.554. The van der Waals surface area contributed by atoms with E-state index in [1.54, 1.807) is 19.5 Å². The van der Waals surface area contributed by atoms with Gasteiger partial charge in [-0.2, -0.15) is 0 Å². The van der Waals surface area contributed by atoms with Gasteiger partial charge in [-0.05, 0) is 19.0 Å². The van der Waals surface area contributed by atoms with Crippen molar-refractivity contribution in [2.45, 2.75) is 19.9 Å². The van der Waals surface area contributed by atoms with Gasteiger partial charge in [-0.3, -0.25) is 0 Å². The van der Waals surface area contributed by atoms with Crippen LogP contribution in [0.1, 0.15) is 25.5 Å². The second-order valence-electron chi connectivity index (χ2n) is 4.28. The molecule has 0 aliphatic carbocycles. The van der Waals surface area contributed by atoms with Crippen molar-refractivity contribution in [3.8, 4) is 17.1 Å². The van der Waals surface area contributed by atoms with Gasteiger partial charge in [-0.25, -0.2) is 9.97 Å². The highest BCUT2D eigenvalue weighted by Crippen LogP contribution is 2.31. The molecule has 2 aromatic rings. The summed E-state index contributed by atoms with van der Waals surface area (Å²) in [6.45, 7) is 5.17. The Bertz CT molecular complexity index is 542. The average molecular weight is 257 g/mol. The quantitative estimate of drug-likeness (QED) is 0.894. The highest BCUT2D eigenvalue weighted by Gasteiger charge is 2.15. The predicted molar refractivity (Wildman–Crippen MR) is 76.1 cm³/mol. The molecule has 1 atom stereocenters. The van der Waals surface area contributed by atoms with E-state index in [1.165, 1.54) is 5.56 Å². The van der Waals surface area contributed by atoms with E-state index in [9.17, 15) is 0 Å². The van der Waals surface area contributed by atoms with Gasteiger partial charge in [0.1, 0.15) is 5.69 Å². The smallest absolute Gasteiger partial charge is 0.240 e. The van der Waals surface area contributed by atoms with Crippen LogP contribution in [0.4, 0.5) is 0 Å². The van der Waals surface area contributed by atoms with Crippen LogP contribution in [0.15, 0.2) is 36.7 Å². The van der Waals surface area contributed by atoms with Crippen LogP contribution in [0.2, 0.25) is 0 Å². The molecule has 1 aromatic heterocycles. The van der Waals surface area contributed by atoms with Crippen molar-refractivity contribution in [1.82, 2.24) is 15.3 Å². The lowest BCUT2D eigenvalue weighted by atomic mass is 9.99. The van der Waals surface area contributed by atoms with E-state index in [0.717, 1.165) is 17.8 Å². The number of rotatable bonds is 5. The molecule has 0 aliphatic heterocycles. The number of nitrogens with one attached hydrogen (secondary N) is 1. The summed E-state index contributed by atoms with van der Waals surface area (Å²) >= 11 is 0. The molecular weight excluding hydrogens is 238 g/mol. The number of methoxy groups -OCH3 is 1. The lowest BCUT2D eigenvalue weighted by molar-refractivity contribution is 0.397. The Balaban J connectivity index is 2.50. The number of nitrogens with zero attached hydrogens (tertiary/aromatic N) is 2. The molecule has 0 bridgehead atoms. The van der Waals surface area contributed by atoms with Gasteiger partial charge in [0, 0.05) is 24.0 Å². The third kappa shape index (κ3) is 2.90. The van der Waals surface area contributed by atoms with Crippen molar-refractivity contribution in [3.05, 3.63) is 42.2 Å². The molecule has 0 saturated heterocycles. The first-order valence-corrected chi connectivity index (χ1v) is 6.45. The number of ether oxygens (including phenoxy) is 1. The summed E-state index contributed by atoms with van der Waals surface area (Å²) in [7, 11) is 1.61. The Kier molecular flexibility index (Phi) is 4.47. The van der Waals surface area contributed by atoms with Crippen LogP contribution in [0, 0.1) is 0 Å². The van der Waals surface area contributed by atoms with Gasteiger partial charge in [0.15, 0.2) is 0 Å². The predicted octanol–water partition coefficient (Wildman–Crippen LogP) is 2.82. The van der Waals surface area contributed by atoms with Crippen LogP contribution in [-0.4, -0.2) is 23.6 Å². The third-order valence-corrected chi connectivity index (χ3v) is 3.05. The number of hydrogen-bond acceptors (Lipinski definition) is 4. The fraction of sp³-hybridized carbons (Fsp3) is 0.333. The van der Waals surface area contributed by atoms with E-state index >= 15 is 0 Å². The maximum Gasteiger partial charge on any atom is 0.240 e. The van der Waals surface area contributed by atoms with Gasteiger partial charge in [0.2, 0.25) is 5.88 Å². The largest absolute Gasteiger partial charge is 0.479 e. The Morgan fingerprint density at radius 1 is 1.21 bits per heavy atom. The van der Waals surface area contributed by atoms with E-state index in [4.69, 9.17) is 4.74 Å². The summed E-state index contributed by atoms with van der Waals surface area (Å²) in [5, 5.41) is 3.42.